The van der Waals surface area contributed by atoms with E-state index >= 15 is 0 Å². The van der Waals surface area contributed by atoms with Gasteiger partial charge in [0.25, 0.3) is 5.91 Å². The highest BCUT2D eigenvalue weighted by molar-refractivity contribution is 6.05. The summed E-state index contributed by atoms with van der Waals surface area (Å²) in [6.07, 6.45) is 0.445. The lowest BCUT2D eigenvalue weighted by atomic mass is 9.91. The number of rotatable bonds is 7. The van der Waals surface area contributed by atoms with Crippen molar-refractivity contribution in [3.05, 3.63) is 76.2 Å². The summed E-state index contributed by atoms with van der Waals surface area (Å²) in [5, 5.41) is 5.85. The van der Waals surface area contributed by atoms with E-state index in [1.165, 1.54) is 24.3 Å². The van der Waals surface area contributed by atoms with Crippen molar-refractivity contribution in [3.8, 4) is 0 Å². The standard InChI is InChI=1S/C28H33FN4O3/c1-6-32-23-15-33(22(13-16(2)3)26(34)30-20-10-8-19(29)9-11-20)27(35)24(23)25(31-28(32)36)21-12-7-17(4)14-18(21)5/h7-12,14,16,22,25H,6,13,15H2,1-5H3,(H,30,34)(H,31,36)/t22-,25-/m0/s1. The molecule has 0 unspecified atom stereocenters. The summed E-state index contributed by atoms with van der Waals surface area (Å²) >= 11 is 0. The van der Waals surface area contributed by atoms with Crippen molar-refractivity contribution in [3.63, 3.8) is 0 Å². The maximum atomic E-state index is 14.0. The molecule has 8 heteroatoms. The van der Waals surface area contributed by atoms with Gasteiger partial charge in [-0.1, -0.05) is 37.6 Å². The summed E-state index contributed by atoms with van der Waals surface area (Å²) in [6.45, 7) is 10.4. The largest absolute Gasteiger partial charge is 0.326 e. The Kier molecular flexibility index (Phi) is 7.15. The van der Waals surface area contributed by atoms with Crippen molar-refractivity contribution in [1.82, 2.24) is 15.1 Å². The number of carbonyl (C=O) groups excluding carboxylic acids is 3. The number of amides is 4. The van der Waals surface area contributed by atoms with E-state index in [0.717, 1.165) is 16.7 Å². The number of likely N-dealkylation sites (N-methyl/N-ethyl adjacent to an activating group) is 1. The predicted octanol–water partition coefficient (Wildman–Crippen LogP) is 4.68. The summed E-state index contributed by atoms with van der Waals surface area (Å²) in [6, 6.07) is 9.89. The lowest BCUT2D eigenvalue weighted by molar-refractivity contribution is -0.134. The first kappa shape index (κ1) is 25.4. The van der Waals surface area contributed by atoms with Crippen LogP contribution in [-0.4, -0.2) is 46.8 Å². The first-order valence-electron chi connectivity index (χ1n) is 12.4. The molecule has 4 rings (SSSR count). The number of anilines is 1. The second kappa shape index (κ2) is 10.1. The minimum absolute atomic E-state index is 0.136. The zero-order chi connectivity index (χ0) is 26.1. The first-order chi connectivity index (χ1) is 17.1. The fraction of sp³-hybridized carbons (Fsp3) is 0.393. The van der Waals surface area contributed by atoms with Gasteiger partial charge in [-0.3, -0.25) is 14.5 Å². The molecule has 2 aliphatic heterocycles. The van der Waals surface area contributed by atoms with Gasteiger partial charge in [-0.15, -0.1) is 0 Å². The Balaban J connectivity index is 1.70. The van der Waals surface area contributed by atoms with Crippen LogP contribution in [-0.2, 0) is 9.59 Å². The van der Waals surface area contributed by atoms with Gasteiger partial charge < -0.3 is 15.5 Å². The maximum Gasteiger partial charge on any atom is 0.322 e. The minimum Gasteiger partial charge on any atom is -0.326 e. The Labute approximate surface area is 211 Å². The van der Waals surface area contributed by atoms with Gasteiger partial charge >= 0.3 is 6.03 Å². The van der Waals surface area contributed by atoms with E-state index < -0.39 is 17.9 Å². The van der Waals surface area contributed by atoms with Crippen LogP contribution < -0.4 is 10.6 Å². The van der Waals surface area contributed by atoms with Gasteiger partial charge in [-0.05, 0) is 68.5 Å². The third-order valence-electron chi connectivity index (χ3n) is 6.79. The fourth-order valence-corrected chi connectivity index (χ4v) is 5.06. The second-order valence-electron chi connectivity index (χ2n) is 9.92. The molecule has 0 saturated heterocycles. The molecule has 0 fully saturated rings. The molecule has 0 aliphatic carbocycles. The van der Waals surface area contributed by atoms with Crippen molar-refractivity contribution in [2.45, 2.75) is 53.1 Å². The van der Waals surface area contributed by atoms with Gasteiger partial charge in [0, 0.05) is 12.2 Å². The predicted molar refractivity (Wildman–Crippen MR) is 137 cm³/mol. The monoisotopic (exact) mass is 492 g/mol. The van der Waals surface area contributed by atoms with E-state index in [1.807, 2.05) is 52.8 Å². The van der Waals surface area contributed by atoms with Gasteiger partial charge in [-0.25, -0.2) is 9.18 Å². The molecule has 36 heavy (non-hydrogen) atoms. The van der Waals surface area contributed by atoms with E-state index in [4.69, 9.17) is 0 Å². The molecular formula is C28H33FN4O3. The van der Waals surface area contributed by atoms with Crippen molar-refractivity contribution < 1.29 is 18.8 Å². The van der Waals surface area contributed by atoms with Crippen LogP contribution in [0, 0.1) is 25.6 Å². The molecular weight excluding hydrogens is 459 g/mol. The number of benzene rings is 2. The molecule has 190 valence electrons. The number of carbonyl (C=O) groups is 3. The Morgan fingerprint density at radius 1 is 1.14 bits per heavy atom. The molecule has 2 N–H and O–H groups in total. The number of halogens is 1. The van der Waals surface area contributed by atoms with Crippen LogP contribution in [0.15, 0.2) is 53.7 Å². The molecule has 0 aromatic heterocycles. The summed E-state index contributed by atoms with van der Waals surface area (Å²) < 4.78 is 13.3. The average molecular weight is 493 g/mol. The molecule has 4 amide bonds. The quantitative estimate of drug-likeness (QED) is 0.589. The summed E-state index contributed by atoms with van der Waals surface area (Å²) in [5.41, 5.74) is 4.54. The lowest BCUT2D eigenvalue weighted by Crippen LogP contribution is -2.47. The molecule has 2 heterocycles. The average Bonchev–Trinajstić information content (AvgIpc) is 3.15. The minimum atomic E-state index is -0.748. The van der Waals surface area contributed by atoms with E-state index in [9.17, 15) is 18.8 Å². The van der Waals surface area contributed by atoms with E-state index in [-0.39, 0.29) is 30.3 Å². The Morgan fingerprint density at radius 3 is 2.44 bits per heavy atom. The van der Waals surface area contributed by atoms with E-state index in [0.29, 0.717) is 29.9 Å². The smallest absolute Gasteiger partial charge is 0.322 e. The highest BCUT2D eigenvalue weighted by Crippen LogP contribution is 2.38. The first-order valence-corrected chi connectivity index (χ1v) is 12.4. The van der Waals surface area contributed by atoms with Crippen LogP contribution in [0.4, 0.5) is 14.9 Å². The highest BCUT2D eigenvalue weighted by atomic mass is 19.1. The molecule has 2 aliphatic rings. The van der Waals surface area contributed by atoms with Crippen LogP contribution in [0.2, 0.25) is 0 Å². The van der Waals surface area contributed by atoms with E-state index in [1.54, 1.807) is 9.80 Å². The topological polar surface area (TPSA) is 81.8 Å². The van der Waals surface area contributed by atoms with Crippen LogP contribution in [0.25, 0.3) is 0 Å². The van der Waals surface area contributed by atoms with Crippen molar-refractivity contribution in [2.24, 2.45) is 5.92 Å². The zero-order valence-corrected chi connectivity index (χ0v) is 21.4. The molecule has 7 nitrogen and oxygen atoms in total. The normalized spacial score (nSPS) is 18.5. The van der Waals surface area contributed by atoms with Gasteiger partial charge in [0.15, 0.2) is 0 Å². The number of nitrogens with one attached hydrogen (secondary N) is 2. The number of aryl methyl sites for hydroxylation is 2. The number of hydrogen-bond donors (Lipinski definition) is 2. The molecule has 2 atom stereocenters. The summed E-state index contributed by atoms with van der Waals surface area (Å²) in [5.74, 6) is -0.855. The third-order valence-corrected chi connectivity index (χ3v) is 6.79. The van der Waals surface area contributed by atoms with Crippen LogP contribution in [0.1, 0.15) is 49.9 Å². The maximum absolute atomic E-state index is 14.0. The number of urea groups is 1. The van der Waals surface area contributed by atoms with Crippen molar-refractivity contribution in [2.75, 3.05) is 18.4 Å². The Morgan fingerprint density at radius 2 is 1.83 bits per heavy atom. The molecule has 2 aromatic rings. The summed E-state index contributed by atoms with van der Waals surface area (Å²) in [7, 11) is 0. The van der Waals surface area contributed by atoms with Gasteiger partial charge in [0.05, 0.1) is 23.9 Å². The Hall–Kier alpha value is -3.68. The van der Waals surface area contributed by atoms with Gasteiger partial charge in [0.1, 0.15) is 11.9 Å². The van der Waals surface area contributed by atoms with Crippen molar-refractivity contribution >= 4 is 23.5 Å². The van der Waals surface area contributed by atoms with Crippen LogP contribution in [0.3, 0.4) is 0 Å². The molecule has 2 aromatic carbocycles. The van der Waals surface area contributed by atoms with Gasteiger partial charge in [-0.2, -0.15) is 0 Å². The lowest BCUT2D eigenvalue weighted by Gasteiger charge is -2.33. The highest BCUT2D eigenvalue weighted by Gasteiger charge is 2.47. The molecule has 0 saturated carbocycles. The molecule has 0 spiro atoms. The molecule has 0 radical (unpaired) electrons. The van der Waals surface area contributed by atoms with Crippen LogP contribution in [0.5, 0.6) is 0 Å². The third kappa shape index (κ3) is 4.85. The fourth-order valence-electron chi connectivity index (χ4n) is 5.06. The van der Waals surface area contributed by atoms with Crippen molar-refractivity contribution in [1.29, 1.82) is 0 Å². The SMILES string of the molecule is CCN1C(=O)N[C@@H](c2ccc(C)cc2C)C2=C1CN([C@@H](CC(C)C)C(=O)Nc1ccc(F)cc1)C2=O. The van der Waals surface area contributed by atoms with Gasteiger partial charge in [0.2, 0.25) is 5.91 Å². The summed E-state index contributed by atoms with van der Waals surface area (Å²) in [4.78, 5) is 43.6. The van der Waals surface area contributed by atoms with E-state index in [2.05, 4.69) is 10.6 Å². The zero-order valence-electron chi connectivity index (χ0n) is 21.4. The second-order valence-corrected chi connectivity index (χ2v) is 9.92. The number of hydrogen-bond acceptors (Lipinski definition) is 3. The van der Waals surface area contributed by atoms with Crippen LogP contribution >= 0.6 is 0 Å². The molecule has 0 bridgehead atoms. The number of nitrogens with zero attached hydrogens (tertiary/aromatic N) is 2. The Bertz CT molecular complexity index is 1220.